The first-order chi connectivity index (χ1) is 6.72. The van der Waals surface area contributed by atoms with Crippen LogP contribution in [0.4, 0.5) is 0 Å². The monoisotopic (exact) mass is 232 g/mol. The number of halogens is 1. The van der Waals surface area contributed by atoms with Crippen molar-refractivity contribution in [1.29, 1.82) is 5.26 Å². The Hall–Kier alpha value is -0.790. The van der Waals surface area contributed by atoms with Crippen molar-refractivity contribution in [1.82, 2.24) is 5.32 Å². The molecule has 0 aromatic carbocycles. The van der Waals surface area contributed by atoms with Gasteiger partial charge in [-0.2, -0.15) is 5.26 Å². The lowest BCUT2D eigenvalue weighted by Crippen LogP contribution is -2.39. The third-order valence-electron chi connectivity index (χ3n) is 2.74. The SMILES string of the molecule is COC(=O)CCC1(C#N)CCCNC1.Cl. The van der Waals surface area contributed by atoms with Crippen molar-refractivity contribution < 1.29 is 9.53 Å². The summed E-state index contributed by atoms with van der Waals surface area (Å²) in [4.78, 5) is 11.0. The largest absolute Gasteiger partial charge is 0.469 e. The summed E-state index contributed by atoms with van der Waals surface area (Å²) in [6.07, 6.45) is 2.83. The highest BCUT2D eigenvalue weighted by Gasteiger charge is 2.32. The fraction of sp³-hybridized carbons (Fsp3) is 0.800. The van der Waals surface area contributed by atoms with Gasteiger partial charge in [-0.3, -0.25) is 4.79 Å². The molecule has 0 aliphatic carbocycles. The standard InChI is InChI=1S/C10H16N2O2.ClH/c1-14-9(13)3-5-10(7-11)4-2-6-12-8-10;/h12H,2-6,8H2,1H3;1H. The number of esters is 1. The number of carbonyl (C=O) groups is 1. The molecule has 0 saturated carbocycles. The van der Waals surface area contributed by atoms with Gasteiger partial charge in [0.25, 0.3) is 0 Å². The zero-order valence-corrected chi connectivity index (χ0v) is 9.73. The van der Waals surface area contributed by atoms with E-state index in [0.29, 0.717) is 19.4 Å². The van der Waals surface area contributed by atoms with Crippen molar-refractivity contribution in [3.8, 4) is 6.07 Å². The molecule has 86 valence electrons. The van der Waals surface area contributed by atoms with E-state index in [4.69, 9.17) is 5.26 Å². The number of nitrogens with one attached hydrogen (secondary N) is 1. The molecule has 1 aliphatic heterocycles. The molecule has 1 heterocycles. The van der Waals surface area contributed by atoms with E-state index in [1.54, 1.807) is 0 Å². The topological polar surface area (TPSA) is 62.1 Å². The Balaban J connectivity index is 0.00000196. The average molecular weight is 233 g/mol. The second-order valence-electron chi connectivity index (χ2n) is 3.75. The lowest BCUT2D eigenvalue weighted by Gasteiger charge is -2.30. The fourth-order valence-corrected chi connectivity index (χ4v) is 1.78. The predicted octanol–water partition coefficient (Wildman–Crippen LogP) is 1.25. The molecule has 15 heavy (non-hydrogen) atoms. The van der Waals surface area contributed by atoms with Gasteiger partial charge in [-0.05, 0) is 25.8 Å². The predicted molar refractivity (Wildman–Crippen MR) is 58.6 cm³/mol. The first kappa shape index (κ1) is 14.2. The minimum absolute atomic E-state index is 0. The van der Waals surface area contributed by atoms with Crippen LogP contribution in [0.2, 0.25) is 0 Å². The minimum Gasteiger partial charge on any atom is -0.469 e. The molecule has 0 bridgehead atoms. The highest BCUT2D eigenvalue weighted by atomic mass is 35.5. The lowest BCUT2D eigenvalue weighted by atomic mass is 9.78. The smallest absolute Gasteiger partial charge is 0.305 e. The van der Waals surface area contributed by atoms with E-state index >= 15 is 0 Å². The maximum Gasteiger partial charge on any atom is 0.305 e. The molecule has 0 radical (unpaired) electrons. The molecule has 0 amide bonds. The van der Waals surface area contributed by atoms with Crippen molar-refractivity contribution in [3.05, 3.63) is 0 Å². The van der Waals surface area contributed by atoms with Gasteiger partial charge in [0.1, 0.15) is 0 Å². The zero-order valence-electron chi connectivity index (χ0n) is 8.91. The highest BCUT2D eigenvalue weighted by Crippen LogP contribution is 2.30. The molecule has 0 spiro atoms. The van der Waals surface area contributed by atoms with Gasteiger partial charge >= 0.3 is 5.97 Å². The number of nitriles is 1. The van der Waals surface area contributed by atoms with E-state index in [-0.39, 0.29) is 23.8 Å². The molecular formula is C10H17ClN2O2. The van der Waals surface area contributed by atoms with Crippen LogP contribution in [0, 0.1) is 16.7 Å². The number of carbonyl (C=O) groups excluding carboxylic acids is 1. The van der Waals surface area contributed by atoms with Crippen LogP contribution >= 0.6 is 12.4 Å². The molecular weight excluding hydrogens is 216 g/mol. The summed E-state index contributed by atoms with van der Waals surface area (Å²) < 4.78 is 4.56. The van der Waals surface area contributed by atoms with Crippen LogP contribution in [-0.2, 0) is 9.53 Å². The van der Waals surface area contributed by atoms with Crippen LogP contribution in [0.15, 0.2) is 0 Å². The summed E-state index contributed by atoms with van der Waals surface area (Å²) >= 11 is 0. The molecule has 0 aromatic rings. The van der Waals surface area contributed by atoms with Crippen molar-refractivity contribution in [2.45, 2.75) is 25.7 Å². The van der Waals surface area contributed by atoms with Gasteiger partial charge in [0.15, 0.2) is 0 Å². The zero-order chi connectivity index (χ0) is 10.4. The highest BCUT2D eigenvalue weighted by molar-refractivity contribution is 5.85. The summed E-state index contributed by atoms with van der Waals surface area (Å²) in [5.41, 5.74) is -0.355. The molecule has 1 fully saturated rings. The van der Waals surface area contributed by atoms with E-state index < -0.39 is 0 Å². The Morgan fingerprint density at radius 1 is 1.67 bits per heavy atom. The molecule has 1 N–H and O–H groups in total. The number of nitrogens with zero attached hydrogens (tertiary/aromatic N) is 1. The third kappa shape index (κ3) is 4.06. The summed E-state index contributed by atoms with van der Waals surface area (Å²) in [6, 6.07) is 2.33. The Morgan fingerprint density at radius 2 is 2.40 bits per heavy atom. The Labute approximate surface area is 96.4 Å². The summed E-state index contributed by atoms with van der Waals surface area (Å²) in [7, 11) is 1.38. The Bertz CT molecular complexity index is 244. The molecule has 1 atom stereocenters. The molecule has 0 aromatic heterocycles. The van der Waals surface area contributed by atoms with Gasteiger partial charge in [0.05, 0.1) is 18.6 Å². The van der Waals surface area contributed by atoms with Crippen LogP contribution in [0.1, 0.15) is 25.7 Å². The number of ether oxygens (including phenoxy) is 1. The Morgan fingerprint density at radius 3 is 2.87 bits per heavy atom. The molecule has 1 unspecified atom stereocenters. The van der Waals surface area contributed by atoms with Gasteiger partial charge in [0, 0.05) is 13.0 Å². The van der Waals surface area contributed by atoms with Crippen molar-refractivity contribution in [2.24, 2.45) is 5.41 Å². The maximum atomic E-state index is 11.0. The summed E-state index contributed by atoms with van der Waals surface area (Å²) in [5.74, 6) is -0.231. The Kier molecular flexibility index (Phi) is 6.30. The average Bonchev–Trinajstić information content (AvgIpc) is 2.27. The van der Waals surface area contributed by atoms with E-state index in [2.05, 4.69) is 16.1 Å². The molecule has 1 aliphatic rings. The number of hydrogen-bond donors (Lipinski definition) is 1. The van der Waals surface area contributed by atoms with Crippen LogP contribution in [0.25, 0.3) is 0 Å². The van der Waals surface area contributed by atoms with Gasteiger partial charge in [-0.1, -0.05) is 0 Å². The summed E-state index contributed by atoms with van der Waals surface area (Å²) in [5, 5.41) is 12.3. The summed E-state index contributed by atoms with van der Waals surface area (Å²) in [6.45, 7) is 1.67. The van der Waals surface area contributed by atoms with Gasteiger partial charge < -0.3 is 10.1 Å². The molecule has 1 saturated heterocycles. The minimum atomic E-state index is -0.355. The number of methoxy groups -OCH3 is 1. The van der Waals surface area contributed by atoms with Crippen LogP contribution < -0.4 is 5.32 Å². The van der Waals surface area contributed by atoms with Gasteiger partial charge in [-0.25, -0.2) is 0 Å². The normalized spacial score (nSPS) is 24.8. The van der Waals surface area contributed by atoms with Gasteiger partial charge in [-0.15, -0.1) is 12.4 Å². The van der Waals surface area contributed by atoms with Crippen LogP contribution in [0.3, 0.4) is 0 Å². The van der Waals surface area contributed by atoms with Crippen molar-refractivity contribution in [2.75, 3.05) is 20.2 Å². The molecule has 5 heteroatoms. The lowest BCUT2D eigenvalue weighted by molar-refractivity contribution is -0.141. The first-order valence-corrected chi connectivity index (χ1v) is 4.91. The van der Waals surface area contributed by atoms with Crippen molar-refractivity contribution >= 4 is 18.4 Å². The first-order valence-electron chi connectivity index (χ1n) is 4.91. The number of piperidine rings is 1. The van der Waals surface area contributed by atoms with Crippen LogP contribution in [-0.4, -0.2) is 26.2 Å². The maximum absolute atomic E-state index is 11.0. The van der Waals surface area contributed by atoms with E-state index in [9.17, 15) is 4.79 Å². The third-order valence-corrected chi connectivity index (χ3v) is 2.74. The van der Waals surface area contributed by atoms with Crippen LogP contribution in [0.5, 0.6) is 0 Å². The van der Waals surface area contributed by atoms with E-state index in [0.717, 1.165) is 19.4 Å². The second-order valence-corrected chi connectivity index (χ2v) is 3.75. The van der Waals surface area contributed by atoms with Crippen molar-refractivity contribution in [3.63, 3.8) is 0 Å². The quantitative estimate of drug-likeness (QED) is 0.744. The van der Waals surface area contributed by atoms with E-state index in [1.807, 2.05) is 0 Å². The second kappa shape index (κ2) is 6.65. The molecule has 1 rings (SSSR count). The molecule has 4 nitrogen and oxygen atoms in total. The number of rotatable bonds is 3. The van der Waals surface area contributed by atoms with Gasteiger partial charge in [0.2, 0.25) is 0 Å². The fourth-order valence-electron chi connectivity index (χ4n) is 1.78. The number of hydrogen-bond acceptors (Lipinski definition) is 4. The van der Waals surface area contributed by atoms with E-state index in [1.165, 1.54) is 7.11 Å².